The SMILES string of the molecule is NC1CCCC(Oc2ccc(F)c(F)c2)C1. The van der Waals surface area contributed by atoms with Crippen LogP contribution >= 0.6 is 0 Å². The normalized spacial score (nSPS) is 25.4. The van der Waals surface area contributed by atoms with Crippen molar-refractivity contribution in [3.8, 4) is 5.75 Å². The molecule has 2 N–H and O–H groups in total. The monoisotopic (exact) mass is 227 g/mol. The van der Waals surface area contributed by atoms with Crippen LogP contribution in [-0.2, 0) is 0 Å². The van der Waals surface area contributed by atoms with Gasteiger partial charge < -0.3 is 10.5 Å². The average molecular weight is 227 g/mol. The topological polar surface area (TPSA) is 35.2 Å². The van der Waals surface area contributed by atoms with E-state index in [9.17, 15) is 8.78 Å². The molecule has 0 heterocycles. The Hall–Kier alpha value is -1.16. The first-order valence-corrected chi connectivity index (χ1v) is 5.52. The van der Waals surface area contributed by atoms with Crippen molar-refractivity contribution in [3.63, 3.8) is 0 Å². The molecule has 1 fully saturated rings. The van der Waals surface area contributed by atoms with E-state index in [1.807, 2.05) is 0 Å². The second-order valence-corrected chi connectivity index (χ2v) is 4.24. The van der Waals surface area contributed by atoms with Gasteiger partial charge in [0, 0.05) is 12.1 Å². The van der Waals surface area contributed by atoms with Gasteiger partial charge in [-0.2, -0.15) is 0 Å². The van der Waals surface area contributed by atoms with Gasteiger partial charge in [0.25, 0.3) is 0 Å². The summed E-state index contributed by atoms with van der Waals surface area (Å²) >= 11 is 0. The maximum absolute atomic E-state index is 12.9. The molecule has 1 aromatic carbocycles. The van der Waals surface area contributed by atoms with Crippen LogP contribution in [0.15, 0.2) is 18.2 Å². The highest BCUT2D eigenvalue weighted by molar-refractivity contribution is 5.23. The Morgan fingerprint density at radius 2 is 2.00 bits per heavy atom. The zero-order chi connectivity index (χ0) is 11.5. The van der Waals surface area contributed by atoms with Crippen molar-refractivity contribution in [2.24, 2.45) is 5.73 Å². The molecule has 2 atom stereocenters. The molecule has 1 aromatic rings. The summed E-state index contributed by atoms with van der Waals surface area (Å²) in [6.07, 6.45) is 3.76. The first-order valence-electron chi connectivity index (χ1n) is 5.52. The van der Waals surface area contributed by atoms with E-state index in [0.29, 0.717) is 5.75 Å². The van der Waals surface area contributed by atoms with Crippen molar-refractivity contribution in [1.82, 2.24) is 0 Å². The van der Waals surface area contributed by atoms with E-state index in [1.165, 1.54) is 6.07 Å². The third-order valence-corrected chi connectivity index (χ3v) is 2.86. The molecule has 0 saturated heterocycles. The van der Waals surface area contributed by atoms with Crippen molar-refractivity contribution in [2.45, 2.75) is 37.8 Å². The maximum Gasteiger partial charge on any atom is 0.162 e. The standard InChI is InChI=1S/C12H15F2NO/c13-11-5-4-10(7-12(11)14)16-9-3-1-2-8(15)6-9/h4-5,7-9H,1-3,6,15H2. The Morgan fingerprint density at radius 1 is 1.19 bits per heavy atom. The Balaban J connectivity index is 2.00. The fourth-order valence-corrected chi connectivity index (χ4v) is 2.03. The van der Waals surface area contributed by atoms with E-state index >= 15 is 0 Å². The van der Waals surface area contributed by atoms with Gasteiger partial charge in [-0.25, -0.2) is 8.78 Å². The number of hydrogen-bond donors (Lipinski definition) is 1. The van der Waals surface area contributed by atoms with Crippen LogP contribution in [0.3, 0.4) is 0 Å². The largest absolute Gasteiger partial charge is 0.490 e. The summed E-state index contributed by atoms with van der Waals surface area (Å²) in [7, 11) is 0. The predicted molar refractivity (Wildman–Crippen MR) is 57.2 cm³/mol. The van der Waals surface area contributed by atoms with Crippen LogP contribution in [0, 0.1) is 11.6 Å². The lowest BCUT2D eigenvalue weighted by atomic mass is 9.93. The van der Waals surface area contributed by atoms with Gasteiger partial charge >= 0.3 is 0 Å². The second-order valence-electron chi connectivity index (χ2n) is 4.24. The van der Waals surface area contributed by atoms with Gasteiger partial charge in [0.1, 0.15) is 11.9 Å². The smallest absolute Gasteiger partial charge is 0.162 e. The van der Waals surface area contributed by atoms with E-state index in [4.69, 9.17) is 10.5 Å². The van der Waals surface area contributed by atoms with Gasteiger partial charge in [0.15, 0.2) is 11.6 Å². The zero-order valence-electron chi connectivity index (χ0n) is 8.96. The van der Waals surface area contributed by atoms with Crippen molar-refractivity contribution < 1.29 is 13.5 Å². The predicted octanol–water partition coefficient (Wildman–Crippen LogP) is 2.61. The molecular formula is C12H15F2NO. The van der Waals surface area contributed by atoms with E-state index in [2.05, 4.69) is 0 Å². The average Bonchev–Trinajstić information content (AvgIpc) is 2.24. The minimum absolute atomic E-state index is 0.0219. The molecule has 1 saturated carbocycles. The minimum atomic E-state index is -0.877. The molecule has 0 aliphatic heterocycles. The van der Waals surface area contributed by atoms with Crippen LogP contribution in [0.2, 0.25) is 0 Å². The van der Waals surface area contributed by atoms with Crippen molar-refractivity contribution in [1.29, 1.82) is 0 Å². The van der Waals surface area contributed by atoms with Crippen LogP contribution in [0.1, 0.15) is 25.7 Å². The van der Waals surface area contributed by atoms with Crippen LogP contribution < -0.4 is 10.5 Å². The van der Waals surface area contributed by atoms with Gasteiger partial charge in [0.2, 0.25) is 0 Å². The molecule has 0 aromatic heterocycles. The Kier molecular flexibility index (Phi) is 3.39. The molecule has 1 aliphatic rings. The van der Waals surface area contributed by atoms with Crippen LogP contribution in [0.25, 0.3) is 0 Å². The number of hydrogen-bond acceptors (Lipinski definition) is 2. The van der Waals surface area contributed by atoms with E-state index in [-0.39, 0.29) is 12.1 Å². The second kappa shape index (κ2) is 4.78. The highest BCUT2D eigenvalue weighted by atomic mass is 19.2. The number of rotatable bonds is 2. The fraction of sp³-hybridized carbons (Fsp3) is 0.500. The third-order valence-electron chi connectivity index (χ3n) is 2.86. The van der Waals surface area contributed by atoms with E-state index in [1.54, 1.807) is 0 Å². The van der Waals surface area contributed by atoms with Crippen molar-refractivity contribution in [2.75, 3.05) is 0 Å². The maximum atomic E-state index is 12.9. The summed E-state index contributed by atoms with van der Waals surface area (Å²) in [5.74, 6) is -1.36. The van der Waals surface area contributed by atoms with Crippen LogP contribution in [0.5, 0.6) is 5.75 Å². The zero-order valence-corrected chi connectivity index (χ0v) is 8.96. The Labute approximate surface area is 93.4 Å². The molecule has 0 radical (unpaired) electrons. The molecule has 0 amide bonds. The molecule has 4 heteroatoms. The lowest BCUT2D eigenvalue weighted by Crippen LogP contribution is -2.33. The number of benzene rings is 1. The van der Waals surface area contributed by atoms with E-state index < -0.39 is 11.6 Å². The van der Waals surface area contributed by atoms with E-state index in [0.717, 1.165) is 37.8 Å². The number of halogens is 2. The summed E-state index contributed by atoms with van der Waals surface area (Å²) in [6.45, 7) is 0. The highest BCUT2D eigenvalue weighted by Crippen LogP contribution is 2.24. The van der Waals surface area contributed by atoms with Gasteiger partial charge in [0.05, 0.1) is 0 Å². The Bertz CT molecular complexity index is 370. The fourth-order valence-electron chi connectivity index (χ4n) is 2.03. The molecule has 1 aliphatic carbocycles. The summed E-state index contributed by atoms with van der Waals surface area (Å²) in [4.78, 5) is 0. The lowest BCUT2D eigenvalue weighted by Gasteiger charge is -2.27. The molecule has 2 nitrogen and oxygen atoms in total. The molecule has 2 rings (SSSR count). The van der Waals surface area contributed by atoms with Crippen molar-refractivity contribution >= 4 is 0 Å². The van der Waals surface area contributed by atoms with Gasteiger partial charge in [-0.1, -0.05) is 0 Å². The molecule has 16 heavy (non-hydrogen) atoms. The summed E-state index contributed by atoms with van der Waals surface area (Å²) in [5, 5.41) is 0. The number of ether oxygens (including phenoxy) is 1. The first-order chi connectivity index (χ1) is 7.65. The molecule has 88 valence electrons. The van der Waals surface area contributed by atoms with Crippen LogP contribution in [0.4, 0.5) is 8.78 Å². The molecule has 2 unspecified atom stereocenters. The minimum Gasteiger partial charge on any atom is -0.490 e. The molecule has 0 spiro atoms. The summed E-state index contributed by atoms with van der Waals surface area (Å²) in [6, 6.07) is 3.76. The highest BCUT2D eigenvalue weighted by Gasteiger charge is 2.20. The summed E-state index contributed by atoms with van der Waals surface area (Å²) < 4.78 is 31.2. The lowest BCUT2D eigenvalue weighted by molar-refractivity contribution is 0.144. The quantitative estimate of drug-likeness (QED) is 0.842. The van der Waals surface area contributed by atoms with Gasteiger partial charge in [-0.05, 0) is 37.8 Å². The molecular weight excluding hydrogens is 212 g/mol. The van der Waals surface area contributed by atoms with Gasteiger partial charge in [-0.15, -0.1) is 0 Å². The number of nitrogens with two attached hydrogens (primary N) is 1. The first kappa shape index (κ1) is 11.3. The Morgan fingerprint density at radius 3 is 2.69 bits per heavy atom. The molecule has 0 bridgehead atoms. The van der Waals surface area contributed by atoms with Gasteiger partial charge in [-0.3, -0.25) is 0 Å². The van der Waals surface area contributed by atoms with Crippen LogP contribution in [-0.4, -0.2) is 12.1 Å². The summed E-state index contributed by atoms with van der Waals surface area (Å²) in [5.41, 5.74) is 5.82. The third kappa shape index (κ3) is 2.70. The van der Waals surface area contributed by atoms with Crippen molar-refractivity contribution in [3.05, 3.63) is 29.8 Å².